The first kappa shape index (κ1) is 11.3. The maximum atomic E-state index is 12.5. The molecule has 1 aromatic heterocycles. The molecule has 0 aromatic carbocycles. The lowest BCUT2D eigenvalue weighted by atomic mass is 10.4. The highest BCUT2D eigenvalue weighted by atomic mass is 79.9. The topological polar surface area (TPSA) is 42.4 Å². The van der Waals surface area contributed by atoms with Crippen LogP contribution >= 0.6 is 15.9 Å². The molecule has 0 bridgehead atoms. The third-order valence-corrected chi connectivity index (χ3v) is 1.83. The van der Waals surface area contributed by atoms with Gasteiger partial charge in [-0.2, -0.15) is 0 Å². The number of ether oxygens (including phenoxy) is 1. The van der Waals surface area contributed by atoms with Gasteiger partial charge in [0, 0.05) is 16.7 Å². The van der Waals surface area contributed by atoms with Crippen molar-refractivity contribution in [1.82, 2.24) is 4.98 Å². The van der Waals surface area contributed by atoms with E-state index in [4.69, 9.17) is 5.11 Å². The Morgan fingerprint density at radius 1 is 1.50 bits per heavy atom. The van der Waals surface area contributed by atoms with Crippen molar-refractivity contribution < 1.29 is 18.6 Å². The van der Waals surface area contributed by atoms with Crippen molar-refractivity contribution in [3.05, 3.63) is 22.8 Å². The number of nitrogens with zero attached hydrogens (tertiary/aromatic N) is 1. The summed E-state index contributed by atoms with van der Waals surface area (Å²) >= 11 is 3.14. The first-order chi connectivity index (χ1) is 6.53. The van der Waals surface area contributed by atoms with Crippen LogP contribution < -0.4 is 4.74 Å². The highest BCUT2D eigenvalue weighted by Crippen LogP contribution is 2.16. The number of aliphatic hydroxyl groups is 1. The molecule has 0 spiro atoms. The number of aliphatic hydroxyl groups excluding tert-OH is 1. The van der Waals surface area contributed by atoms with E-state index >= 15 is 0 Å². The normalized spacial score (nSPS) is 11.4. The number of halogens is 3. The van der Waals surface area contributed by atoms with Crippen molar-refractivity contribution >= 4 is 15.9 Å². The van der Waals surface area contributed by atoms with Gasteiger partial charge in [0.1, 0.15) is 6.61 Å². The minimum Gasteiger partial charge on any atom is -0.471 e. The molecule has 0 atom stereocenters. The minimum absolute atomic E-state index is 0.0984. The zero-order chi connectivity index (χ0) is 10.6. The van der Waals surface area contributed by atoms with Crippen molar-refractivity contribution in [2.45, 2.75) is 5.92 Å². The first-order valence-corrected chi connectivity index (χ1v) is 4.56. The fourth-order valence-corrected chi connectivity index (χ4v) is 0.907. The summed E-state index contributed by atoms with van der Waals surface area (Å²) in [5.74, 6) is -3.13. The van der Waals surface area contributed by atoms with E-state index in [-0.39, 0.29) is 5.88 Å². The summed E-state index contributed by atoms with van der Waals surface area (Å²) in [4.78, 5) is 3.73. The van der Waals surface area contributed by atoms with Gasteiger partial charge >= 0.3 is 5.92 Å². The van der Waals surface area contributed by atoms with E-state index in [0.29, 0.717) is 0 Å². The summed E-state index contributed by atoms with van der Waals surface area (Å²) in [6.45, 7) is -2.11. The molecule has 0 saturated carbocycles. The van der Waals surface area contributed by atoms with Gasteiger partial charge in [0.05, 0.1) is 0 Å². The van der Waals surface area contributed by atoms with Gasteiger partial charge in [-0.15, -0.1) is 0 Å². The summed E-state index contributed by atoms with van der Waals surface area (Å²) < 4.78 is 30.4. The molecule has 78 valence electrons. The Kier molecular flexibility index (Phi) is 3.77. The van der Waals surface area contributed by atoms with E-state index in [2.05, 4.69) is 25.7 Å². The van der Waals surface area contributed by atoms with E-state index in [9.17, 15) is 8.78 Å². The fourth-order valence-electron chi connectivity index (χ4n) is 0.673. The van der Waals surface area contributed by atoms with Gasteiger partial charge in [-0.05, 0) is 22.0 Å². The smallest absolute Gasteiger partial charge is 0.303 e. The van der Waals surface area contributed by atoms with E-state index in [1.165, 1.54) is 12.3 Å². The van der Waals surface area contributed by atoms with Crippen LogP contribution in [0.2, 0.25) is 0 Å². The van der Waals surface area contributed by atoms with Gasteiger partial charge < -0.3 is 9.84 Å². The number of rotatable bonds is 4. The van der Waals surface area contributed by atoms with Crippen LogP contribution in [-0.2, 0) is 0 Å². The second-order valence-corrected chi connectivity index (χ2v) is 3.53. The molecule has 0 fully saturated rings. The van der Waals surface area contributed by atoms with Crippen LogP contribution in [0.25, 0.3) is 0 Å². The van der Waals surface area contributed by atoms with Crippen LogP contribution in [0.15, 0.2) is 22.8 Å². The number of aromatic nitrogens is 1. The highest BCUT2D eigenvalue weighted by Gasteiger charge is 2.28. The van der Waals surface area contributed by atoms with Gasteiger partial charge in [0.15, 0.2) is 6.61 Å². The standard InChI is InChI=1S/C8H8BrF2NO2/c9-6-1-2-7(12-3-6)14-5-8(10,11)4-13/h1-3,13H,4-5H2. The molecule has 1 N–H and O–H groups in total. The number of hydrogen-bond donors (Lipinski definition) is 1. The fraction of sp³-hybridized carbons (Fsp3) is 0.375. The van der Waals surface area contributed by atoms with Gasteiger partial charge in [0.25, 0.3) is 0 Å². The molecule has 0 unspecified atom stereocenters. The molecule has 3 nitrogen and oxygen atoms in total. The monoisotopic (exact) mass is 267 g/mol. The average Bonchev–Trinajstić information content (AvgIpc) is 2.17. The van der Waals surface area contributed by atoms with E-state index in [1.807, 2.05) is 0 Å². The van der Waals surface area contributed by atoms with Crippen molar-refractivity contribution in [3.63, 3.8) is 0 Å². The van der Waals surface area contributed by atoms with Crippen LogP contribution in [0.1, 0.15) is 0 Å². The molecular formula is C8H8BrF2NO2. The lowest BCUT2D eigenvalue weighted by molar-refractivity contribution is -0.0809. The molecule has 0 aliphatic carbocycles. The SMILES string of the molecule is OCC(F)(F)COc1ccc(Br)cn1. The Labute approximate surface area is 87.9 Å². The van der Waals surface area contributed by atoms with Gasteiger partial charge in [-0.3, -0.25) is 0 Å². The molecule has 1 rings (SSSR count). The zero-order valence-electron chi connectivity index (χ0n) is 7.08. The average molecular weight is 268 g/mol. The van der Waals surface area contributed by atoms with E-state index < -0.39 is 19.1 Å². The second kappa shape index (κ2) is 4.65. The van der Waals surface area contributed by atoms with Gasteiger partial charge in [-0.1, -0.05) is 0 Å². The summed E-state index contributed by atoms with van der Waals surface area (Å²) in [6.07, 6.45) is 1.44. The van der Waals surface area contributed by atoms with Crippen LogP contribution in [0, 0.1) is 0 Å². The quantitative estimate of drug-likeness (QED) is 0.906. The molecular weight excluding hydrogens is 260 g/mol. The third kappa shape index (κ3) is 3.55. The first-order valence-electron chi connectivity index (χ1n) is 3.76. The molecule has 14 heavy (non-hydrogen) atoms. The molecule has 0 radical (unpaired) electrons. The summed E-state index contributed by atoms with van der Waals surface area (Å²) in [7, 11) is 0. The van der Waals surface area contributed by atoms with E-state index in [1.54, 1.807) is 6.07 Å². The maximum absolute atomic E-state index is 12.5. The van der Waals surface area contributed by atoms with Gasteiger partial charge in [-0.25, -0.2) is 13.8 Å². The van der Waals surface area contributed by atoms with Gasteiger partial charge in [0.2, 0.25) is 5.88 Å². The highest BCUT2D eigenvalue weighted by molar-refractivity contribution is 9.10. The Balaban J connectivity index is 2.50. The molecule has 1 heterocycles. The van der Waals surface area contributed by atoms with Crippen LogP contribution in [0.5, 0.6) is 5.88 Å². The van der Waals surface area contributed by atoms with Crippen LogP contribution in [0.4, 0.5) is 8.78 Å². The number of hydrogen-bond acceptors (Lipinski definition) is 3. The molecule has 6 heteroatoms. The number of alkyl halides is 2. The Bertz CT molecular complexity index is 292. The third-order valence-electron chi connectivity index (χ3n) is 1.36. The predicted molar refractivity (Wildman–Crippen MR) is 49.5 cm³/mol. The lowest BCUT2D eigenvalue weighted by Gasteiger charge is -2.13. The molecule has 0 saturated heterocycles. The van der Waals surface area contributed by atoms with Crippen molar-refractivity contribution in [2.24, 2.45) is 0 Å². The minimum atomic E-state index is -3.23. The summed E-state index contributed by atoms with van der Waals surface area (Å²) in [5, 5.41) is 8.26. The zero-order valence-corrected chi connectivity index (χ0v) is 8.67. The Hall–Kier alpha value is -0.750. The second-order valence-electron chi connectivity index (χ2n) is 2.62. The molecule has 0 aliphatic rings. The lowest BCUT2D eigenvalue weighted by Crippen LogP contribution is -2.29. The molecule has 1 aromatic rings. The maximum Gasteiger partial charge on any atom is 0.303 e. The number of pyridine rings is 1. The predicted octanol–water partition coefficient (Wildman–Crippen LogP) is 1.85. The van der Waals surface area contributed by atoms with Crippen molar-refractivity contribution in [1.29, 1.82) is 0 Å². The summed E-state index contributed by atoms with van der Waals surface area (Å²) in [6, 6.07) is 3.08. The Morgan fingerprint density at radius 2 is 2.21 bits per heavy atom. The Morgan fingerprint density at radius 3 is 2.71 bits per heavy atom. The summed E-state index contributed by atoms with van der Waals surface area (Å²) in [5.41, 5.74) is 0. The van der Waals surface area contributed by atoms with Crippen molar-refractivity contribution in [2.75, 3.05) is 13.2 Å². The molecule has 0 aliphatic heterocycles. The van der Waals surface area contributed by atoms with Crippen LogP contribution in [0.3, 0.4) is 0 Å². The van der Waals surface area contributed by atoms with E-state index in [0.717, 1.165) is 4.47 Å². The largest absolute Gasteiger partial charge is 0.471 e. The van der Waals surface area contributed by atoms with Crippen LogP contribution in [-0.4, -0.2) is 29.2 Å². The van der Waals surface area contributed by atoms with Crippen molar-refractivity contribution in [3.8, 4) is 5.88 Å². The molecule has 0 amide bonds.